The van der Waals surface area contributed by atoms with E-state index in [4.69, 9.17) is 12.2 Å². The number of halogens is 6. The average Bonchev–Trinajstić information content (AvgIpc) is 2.50. The van der Waals surface area contributed by atoms with E-state index in [0.717, 1.165) is 7.11 Å². The molecule has 152 valence electrons. The van der Waals surface area contributed by atoms with Gasteiger partial charge in [0, 0.05) is 5.69 Å². The molecular weight excluding hydrogens is 398 g/mol. The number of hydrogen-bond donors (Lipinski definition) is 2. The molecule has 0 aliphatic rings. The molecule has 0 aliphatic carbocycles. The zero-order valence-corrected chi connectivity index (χ0v) is 15.4. The highest BCUT2D eigenvalue weighted by molar-refractivity contribution is 7.80. The Bertz CT molecular complexity index is 656. The molecule has 0 unspecified atom stereocenters. The predicted octanol–water partition coefficient (Wildman–Crippen LogP) is 4.60. The zero-order valence-electron chi connectivity index (χ0n) is 14.6. The van der Waals surface area contributed by atoms with Crippen LogP contribution in [0.2, 0.25) is 0 Å². The molecule has 1 rings (SSSR count). The van der Waals surface area contributed by atoms with Crippen LogP contribution in [0.25, 0.3) is 0 Å². The van der Waals surface area contributed by atoms with Gasteiger partial charge in [-0.2, -0.15) is 26.3 Å². The smallest absolute Gasteiger partial charge is 0.416 e. The van der Waals surface area contributed by atoms with Crippen molar-refractivity contribution in [3.63, 3.8) is 0 Å². The number of carbonyl (C=O) groups is 1. The summed E-state index contributed by atoms with van der Waals surface area (Å²) in [7, 11) is 1.15. The van der Waals surface area contributed by atoms with Crippen LogP contribution in [0.4, 0.5) is 32.0 Å². The number of carbonyl (C=O) groups excluding carboxylic acids is 1. The molecule has 1 aromatic rings. The lowest BCUT2D eigenvalue weighted by Crippen LogP contribution is -2.44. The van der Waals surface area contributed by atoms with E-state index in [1.807, 2.05) is 13.8 Å². The summed E-state index contributed by atoms with van der Waals surface area (Å²) in [6.07, 6.45) is -9.65. The van der Waals surface area contributed by atoms with Crippen molar-refractivity contribution in [2.75, 3.05) is 12.4 Å². The molecule has 1 atom stereocenters. The molecule has 0 aromatic heterocycles. The Hall–Kier alpha value is -2.04. The molecule has 0 saturated heterocycles. The van der Waals surface area contributed by atoms with Gasteiger partial charge >= 0.3 is 18.3 Å². The van der Waals surface area contributed by atoms with Gasteiger partial charge in [0.05, 0.1) is 18.2 Å². The number of ether oxygens (including phenoxy) is 1. The van der Waals surface area contributed by atoms with Crippen LogP contribution in [0.5, 0.6) is 0 Å². The topological polar surface area (TPSA) is 50.4 Å². The Morgan fingerprint density at radius 2 is 1.56 bits per heavy atom. The van der Waals surface area contributed by atoms with Gasteiger partial charge in [0.25, 0.3) is 0 Å². The highest BCUT2D eigenvalue weighted by Gasteiger charge is 2.37. The Labute approximate surface area is 157 Å². The van der Waals surface area contributed by atoms with Gasteiger partial charge < -0.3 is 15.4 Å². The first-order valence-corrected chi connectivity index (χ1v) is 8.09. The molecule has 4 nitrogen and oxygen atoms in total. The van der Waals surface area contributed by atoms with Crippen LogP contribution in [-0.2, 0) is 21.9 Å². The highest BCUT2D eigenvalue weighted by Crippen LogP contribution is 2.37. The maximum Gasteiger partial charge on any atom is 0.416 e. The van der Waals surface area contributed by atoms with Crippen LogP contribution in [0.3, 0.4) is 0 Å². The van der Waals surface area contributed by atoms with Gasteiger partial charge in [-0.25, -0.2) is 4.79 Å². The number of methoxy groups -OCH3 is 1. The largest absolute Gasteiger partial charge is 0.467 e. The number of thiocarbonyl (C=S) groups is 1. The first-order valence-electron chi connectivity index (χ1n) is 7.69. The van der Waals surface area contributed by atoms with Gasteiger partial charge in [0.2, 0.25) is 0 Å². The van der Waals surface area contributed by atoms with Gasteiger partial charge in [0.15, 0.2) is 5.11 Å². The molecule has 0 fully saturated rings. The minimum atomic E-state index is -4.97. The number of nitrogens with one attached hydrogen (secondary N) is 2. The molecule has 0 heterocycles. The Morgan fingerprint density at radius 1 is 1.07 bits per heavy atom. The predicted molar refractivity (Wildman–Crippen MR) is 91.1 cm³/mol. The summed E-state index contributed by atoms with van der Waals surface area (Å²) in [5.74, 6) is -0.609. The van der Waals surface area contributed by atoms with Crippen molar-refractivity contribution < 1.29 is 35.9 Å². The summed E-state index contributed by atoms with van der Waals surface area (Å²) in [5.41, 5.74) is -3.47. The van der Waals surface area contributed by atoms with E-state index < -0.39 is 41.2 Å². The van der Waals surface area contributed by atoms with E-state index in [9.17, 15) is 31.1 Å². The van der Waals surface area contributed by atoms with Crippen LogP contribution in [0.1, 0.15) is 31.4 Å². The maximum absolute atomic E-state index is 12.9. The quantitative estimate of drug-likeness (QED) is 0.418. The van der Waals surface area contributed by atoms with Crippen LogP contribution in [-0.4, -0.2) is 24.2 Å². The van der Waals surface area contributed by atoms with Crippen molar-refractivity contribution in [3.8, 4) is 0 Å². The lowest BCUT2D eigenvalue weighted by atomic mass is 10.0. The Kier molecular flexibility index (Phi) is 7.47. The van der Waals surface area contributed by atoms with E-state index in [1.54, 1.807) is 0 Å². The normalized spacial score (nSPS) is 13.3. The monoisotopic (exact) mass is 416 g/mol. The fraction of sp³-hybridized carbons (Fsp3) is 0.500. The molecule has 0 radical (unpaired) electrons. The van der Waals surface area contributed by atoms with E-state index in [0.29, 0.717) is 18.6 Å². The van der Waals surface area contributed by atoms with E-state index in [1.165, 1.54) is 0 Å². The van der Waals surface area contributed by atoms with Crippen LogP contribution in [0.15, 0.2) is 18.2 Å². The lowest BCUT2D eigenvalue weighted by Gasteiger charge is -2.21. The first-order chi connectivity index (χ1) is 12.2. The fourth-order valence-corrected chi connectivity index (χ4v) is 2.44. The Balaban J connectivity index is 3.08. The van der Waals surface area contributed by atoms with Crippen molar-refractivity contribution >= 4 is 29.0 Å². The third-order valence-corrected chi connectivity index (χ3v) is 3.56. The fourth-order valence-electron chi connectivity index (χ4n) is 2.18. The highest BCUT2D eigenvalue weighted by atomic mass is 32.1. The second kappa shape index (κ2) is 8.77. The number of alkyl halides is 6. The van der Waals surface area contributed by atoms with Crippen LogP contribution < -0.4 is 10.6 Å². The molecule has 0 saturated carbocycles. The minimum absolute atomic E-state index is 0.0116. The summed E-state index contributed by atoms with van der Waals surface area (Å²) in [4.78, 5) is 11.7. The van der Waals surface area contributed by atoms with E-state index in [2.05, 4.69) is 15.4 Å². The first kappa shape index (κ1) is 23.0. The maximum atomic E-state index is 12.9. The van der Waals surface area contributed by atoms with Gasteiger partial charge in [-0.3, -0.25) is 0 Å². The third kappa shape index (κ3) is 7.24. The number of anilines is 1. The summed E-state index contributed by atoms with van der Waals surface area (Å²) in [6, 6.07) is 0.109. The molecule has 1 aromatic carbocycles. The lowest BCUT2D eigenvalue weighted by molar-refractivity contribution is -0.144. The number of benzene rings is 1. The van der Waals surface area contributed by atoms with Crippen LogP contribution >= 0.6 is 12.2 Å². The molecule has 0 spiro atoms. The van der Waals surface area contributed by atoms with Crippen molar-refractivity contribution in [1.82, 2.24) is 5.32 Å². The number of esters is 1. The van der Waals surface area contributed by atoms with Crippen molar-refractivity contribution in [2.45, 2.75) is 38.7 Å². The van der Waals surface area contributed by atoms with Crippen molar-refractivity contribution in [1.29, 1.82) is 0 Å². The van der Waals surface area contributed by atoms with Gasteiger partial charge in [-0.1, -0.05) is 13.8 Å². The molecule has 2 N–H and O–H groups in total. The third-order valence-electron chi connectivity index (χ3n) is 3.34. The molecule has 0 aliphatic heterocycles. The summed E-state index contributed by atoms with van der Waals surface area (Å²) >= 11 is 4.91. The second-order valence-electron chi connectivity index (χ2n) is 6.10. The average molecular weight is 416 g/mol. The van der Waals surface area contributed by atoms with E-state index in [-0.39, 0.29) is 17.1 Å². The van der Waals surface area contributed by atoms with Crippen molar-refractivity contribution in [3.05, 3.63) is 29.3 Å². The number of hydrogen-bond acceptors (Lipinski definition) is 3. The minimum Gasteiger partial charge on any atom is -0.467 e. The van der Waals surface area contributed by atoms with Crippen LogP contribution in [0, 0.1) is 5.92 Å². The standard InChI is InChI=1S/C16H18F6N2O2S/c1-8(2)4-12(13(25)26-3)24-14(27)23-11-6-9(15(17,18)19)5-10(7-11)16(20,21)22/h5-8,12H,4H2,1-3H3,(H2,23,24,27)/t12-/m0/s1. The van der Waals surface area contributed by atoms with Gasteiger partial charge in [0.1, 0.15) is 6.04 Å². The number of rotatable bonds is 5. The Morgan fingerprint density at radius 3 is 1.93 bits per heavy atom. The summed E-state index contributed by atoms with van der Waals surface area (Å²) in [6.45, 7) is 3.63. The van der Waals surface area contributed by atoms with E-state index >= 15 is 0 Å². The summed E-state index contributed by atoms with van der Waals surface area (Å²) in [5, 5.41) is 4.50. The second-order valence-corrected chi connectivity index (χ2v) is 6.51. The SMILES string of the molecule is COC(=O)[C@H](CC(C)C)NC(=S)Nc1cc(C(F)(F)F)cc(C(F)(F)F)c1. The summed E-state index contributed by atoms with van der Waals surface area (Å²) < 4.78 is 81.8. The van der Waals surface area contributed by atoms with Crippen molar-refractivity contribution in [2.24, 2.45) is 5.92 Å². The molecular formula is C16H18F6N2O2S. The molecule has 0 amide bonds. The molecule has 27 heavy (non-hydrogen) atoms. The molecule has 0 bridgehead atoms. The molecule has 11 heteroatoms. The zero-order chi connectivity index (χ0) is 21.0. The van der Waals surface area contributed by atoms with Gasteiger partial charge in [-0.05, 0) is 42.8 Å². The van der Waals surface area contributed by atoms with Gasteiger partial charge in [-0.15, -0.1) is 0 Å².